The Morgan fingerprint density at radius 1 is 0.940 bits per heavy atom. The topological polar surface area (TPSA) is 90.0 Å². The lowest BCUT2D eigenvalue weighted by Crippen LogP contribution is -2.56. The van der Waals surface area contributed by atoms with Gasteiger partial charge in [-0.05, 0) is 59.8 Å². The number of likely N-dealkylation sites (N-methyl/N-ethyl adjacent to an activating group) is 1. The van der Waals surface area contributed by atoms with Crippen LogP contribution in [0.3, 0.4) is 0 Å². The highest BCUT2D eigenvalue weighted by molar-refractivity contribution is 6.90. The van der Waals surface area contributed by atoms with Crippen molar-refractivity contribution in [3.05, 3.63) is 42.1 Å². The lowest BCUT2D eigenvalue weighted by Gasteiger charge is -2.43. The van der Waals surface area contributed by atoms with Crippen molar-refractivity contribution in [2.45, 2.75) is 95.4 Å². The Morgan fingerprint density at radius 2 is 1.60 bits per heavy atom. The number of amides is 2. The summed E-state index contributed by atoms with van der Waals surface area (Å²) in [5.41, 5.74) is 8.71. The van der Waals surface area contributed by atoms with Gasteiger partial charge in [0, 0.05) is 62.9 Å². The number of hydrogen-bond donors (Lipinski definition) is 1. The van der Waals surface area contributed by atoms with Crippen LogP contribution in [0.15, 0.2) is 36.5 Å². The van der Waals surface area contributed by atoms with Crippen LogP contribution in [-0.2, 0) is 4.74 Å². The minimum Gasteiger partial charge on any atom is -0.378 e. The maximum Gasteiger partial charge on any atom is 0.326 e. The van der Waals surface area contributed by atoms with Gasteiger partial charge in [0.2, 0.25) is 5.95 Å². The van der Waals surface area contributed by atoms with E-state index in [-0.39, 0.29) is 11.6 Å². The van der Waals surface area contributed by atoms with Crippen LogP contribution in [0.5, 0.6) is 0 Å². The molecule has 1 aromatic carbocycles. The summed E-state index contributed by atoms with van der Waals surface area (Å²) >= 11 is 0. The number of fused-ring (bicyclic) bond motifs is 1. The number of ether oxygens (including phenoxy) is 1. The van der Waals surface area contributed by atoms with Crippen molar-refractivity contribution in [1.82, 2.24) is 24.8 Å². The number of benzene rings is 1. The van der Waals surface area contributed by atoms with Crippen molar-refractivity contribution in [3.63, 3.8) is 0 Å². The molecule has 2 aromatic heterocycles. The summed E-state index contributed by atoms with van der Waals surface area (Å²) in [6.07, 6.45) is 6.03. The lowest BCUT2D eigenvalue weighted by molar-refractivity contribution is -0.0660. The van der Waals surface area contributed by atoms with Crippen molar-refractivity contribution in [2.24, 2.45) is 0 Å². The predicted octanol–water partition coefficient (Wildman–Crippen LogP) is 7.04. The molecule has 50 heavy (non-hydrogen) atoms. The molecule has 4 aliphatic rings. The molecule has 3 aliphatic heterocycles. The summed E-state index contributed by atoms with van der Waals surface area (Å²) in [6.45, 7) is 20.6. The van der Waals surface area contributed by atoms with E-state index < -0.39 is 8.07 Å². The van der Waals surface area contributed by atoms with Crippen molar-refractivity contribution >= 4 is 48.3 Å². The second kappa shape index (κ2) is 13.8. The van der Waals surface area contributed by atoms with Gasteiger partial charge in [0.05, 0.1) is 30.2 Å². The van der Waals surface area contributed by atoms with Gasteiger partial charge in [-0.15, -0.1) is 5.54 Å². The van der Waals surface area contributed by atoms with Gasteiger partial charge in [-0.3, -0.25) is 9.80 Å². The van der Waals surface area contributed by atoms with Gasteiger partial charge in [-0.2, -0.15) is 4.98 Å². The van der Waals surface area contributed by atoms with Gasteiger partial charge in [-0.25, -0.2) is 14.8 Å². The summed E-state index contributed by atoms with van der Waals surface area (Å²) in [6, 6.07) is 11.1. The van der Waals surface area contributed by atoms with Crippen LogP contribution in [0.4, 0.5) is 27.9 Å². The van der Waals surface area contributed by atoms with E-state index in [2.05, 4.69) is 92.4 Å². The van der Waals surface area contributed by atoms with Crippen LogP contribution < -0.4 is 15.1 Å². The van der Waals surface area contributed by atoms with Gasteiger partial charge in [-0.1, -0.05) is 60.3 Å². The fourth-order valence-corrected chi connectivity index (χ4v) is 14.5. The molecular weight excluding hydrogens is 641 g/mol. The molecule has 0 atom stereocenters. The van der Waals surface area contributed by atoms with Crippen molar-refractivity contribution in [1.29, 1.82) is 0 Å². The molecule has 1 N–H and O–H groups in total. The van der Waals surface area contributed by atoms with Gasteiger partial charge >= 0.3 is 6.03 Å². The molecule has 0 unspecified atom stereocenters. The van der Waals surface area contributed by atoms with E-state index in [0.29, 0.717) is 46.6 Å². The van der Waals surface area contributed by atoms with E-state index in [1.165, 1.54) is 5.69 Å². The SMILES string of the molecule is CC(C)[Si](C#Cc1cc(N2C(=O)N(C)CC23CCCC3)nc2nc(Nc3ccc(N4CCN(C5COC5)CC4)cc3)ncc12)(C(C)C)C(C)C. The van der Waals surface area contributed by atoms with E-state index in [4.69, 9.17) is 19.7 Å². The second-order valence-corrected chi connectivity index (χ2v) is 21.5. The molecule has 1 aliphatic carbocycles. The van der Waals surface area contributed by atoms with Crippen LogP contribution in [0, 0.1) is 11.5 Å². The zero-order valence-electron chi connectivity index (χ0n) is 31.0. The summed E-state index contributed by atoms with van der Waals surface area (Å²) in [5, 5.41) is 4.23. The maximum absolute atomic E-state index is 13.7. The molecule has 0 bridgehead atoms. The highest BCUT2D eigenvalue weighted by atomic mass is 28.3. The number of piperazine rings is 1. The number of pyridine rings is 1. The average Bonchev–Trinajstić information content (AvgIpc) is 3.62. The third kappa shape index (κ3) is 6.24. The van der Waals surface area contributed by atoms with E-state index in [9.17, 15) is 4.79 Å². The van der Waals surface area contributed by atoms with E-state index in [0.717, 1.165) is 81.7 Å². The molecule has 3 aromatic rings. The minimum atomic E-state index is -2.02. The normalized spacial score (nSPS) is 20.0. The summed E-state index contributed by atoms with van der Waals surface area (Å²) in [7, 11) is -0.124. The summed E-state index contributed by atoms with van der Waals surface area (Å²) < 4.78 is 5.40. The molecule has 266 valence electrons. The Balaban J connectivity index is 1.21. The Morgan fingerprint density at radius 3 is 2.20 bits per heavy atom. The fourth-order valence-electron chi connectivity index (χ4n) is 9.26. The highest BCUT2D eigenvalue weighted by Gasteiger charge is 2.51. The molecule has 0 radical (unpaired) electrons. The third-order valence-electron chi connectivity index (χ3n) is 12.1. The van der Waals surface area contributed by atoms with Crippen molar-refractivity contribution in [2.75, 3.05) is 68.1 Å². The van der Waals surface area contributed by atoms with Crippen molar-refractivity contribution in [3.8, 4) is 11.5 Å². The Bertz CT molecular complexity index is 1740. The zero-order valence-corrected chi connectivity index (χ0v) is 32.0. The highest BCUT2D eigenvalue weighted by Crippen LogP contribution is 2.44. The number of nitrogens with one attached hydrogen (secondary N) is 1. The number of urea groups is 1. The van der Waals surface area contributed by atoms with Crippen LogP contribution in [0.25, 0.3) is 11.0 Å². The monoisotopic (exact) mass is 694 g/mol. The minimum absolute atomic E-state index is 0.00103. The zero-order chi connectivity index (χ0) is 35.2. The summed E-state index contributed by atoms with van der Waals surface area (Å²) in [5.74, 6) is 4.78. The van der Waals surface area contributed by atoms with E-state index >= 15 is 0 Å². The largest absolute Gasteiger partial charge is 0.378 e. The first-order valence-corrected chi connectivity index (χ1v) is 20.9. The van der Waals surface area contributed by atoms with Gasteiger partial charge in [0.15, 0.2) is 5.65 Å². The van der Waals surface area contributed by atoms with Crippen LogP contribution >= 0.6 is 0 Å². The first-order valence-electron chi connectivity index (χ1n) is 18.7. The molecule has 2 amide bonds. The molecule has 1 spiro atoms. The molecule has 1 saturated carbocycles. The first-order chi connectivity index (χ1) is 24.0. The molecule has 7 rings (SSSR count). The number of carbonyl (C=O) groups excluding carboxylic acids is 1. The number of carbonyl (C=O) groups is 1. The first kappa shape index (κ1) is 34.7. The number of anilines is 4. The summed E-state index contributed by atoms with van der Waals surface area (Å²) in [4.78, 5) is 37.3. The van der Waals surface area contributed by atoms with Crippen LogP contribution in [0.1, 0.15) is 72.8 Å². The van der Waals surface area contributed by atoms with E-state index in [1.807, 2.05) is 29.1 Å². The quantitative estimate of drug-likeness (QED) is 0.198. The molecule has 11 heteroatoms. The molecule has 5 heterocycles. The Hall–Kier alpha value is -3.72. The van der Waals surface area contributed by atoms with Crippen molar-refractivity contribution < 1.29 is 9.53 Å². The van der Waals surface area contributed by atoms with Crippen LogP contribution in [-0.4, -0.2) is 103 Å². The van der Waals surface area contributed by atoms with Gasteiger partial charge in [0.1, 0.15) is 13.9 Å². The molecule has 3 saturated heterocycles. The molecular formula is C39H54N8O2Si. The third-order valence-corrected chi connectivity index (χ3v) is 18.3. The predicted molar refractivity (Wildman–Crippen MR) is 205 cm³/mol. The standard InChI is InChI=1S/C39H54N8O2Si/c1-27(2)50(28(3)4,29(5)6)21-14-30-22-35(47-38(48)44(7)26-39(47)15-8-9-16-39)42-36-34(30)23-40-37(43-36)41-31-10-12-32(13-11-31)45-17-19-46(20-18-45)33-24-49-25-33/h10-13,22-23,27-29,33H,8-9,15-20,24-26H2,1-7H3,(H,40,41,42,43). The Kier molecular flexibility index (Phi) is 9.56. The van der Waals surface area contributed by atoms with Crippen LogP contribution in [0.2, 0.25) is 16.6 Å². The smallest absolute Gasteiger partial charge is 0.326 e. The number of aromatic nitrogens is 3. The average molecular weight is 695 g/mol. The lowest BCUT2D eigenvalue weighted by atomic mass is 9.96. The van der Waals surface area contributed by atoms with E-state index in [1.54, 1.807) is 0 Å². The maximum atomic E-state index is 13.7. The number of nitrogens with zero attached hydrogens (tertiary/aromatic N) is 7. The van der Waals surface area contributed by atoms with Gasteiger partial charge in [0.25, 0.3) is 0 Å². The Labute approximate surface area is 299 Å². The molecule has 10 nitrogen and oxygen atoms in total. The second-order valence-electron chi connectivity index (χ2n) is 15.9. The number of hydrogen-bond acceptors (Lipinski definition) is 8. The molecule has 4 fully saturated rings. The fraction of sp³-hybridized carbons (Fsp3) is 0.590. The van der Waals surface area contributed by atoms with Gasteiger partial charge < -0.3 is 19.9 Å². The number of rotatable bonds is 8.